The normalized spacial score (nSPS) is 15.1. The summed E-state index contributed by atoms with van der Waals surface area (Å²) in [6.07, 6.45) is 0. The van der Waals surface area contributed by atoms with Gasteiger partial charge in [-0.3, -0.25) is 4.79 Å². The molecule has 1 aliphatic rings. The molecule has 7 nitrogen and oxygen atoms in total. The maximum absolute atomic E-state index is 12.8. The quantitative estimate of drug-likeness (QED) is 0.697. The SMILES string of the molecule is Cc1cccc(OCCNC(=O)c2cccc(S(=O)(=O)N3CCOCC3)c2)c1C. The van der Waals surface area contributed by atoms with E-state index >= 15 is 0 Å². The van der Waals surface area contributed by atoms with E-state index in [-0.39, 0.29) is 10.8 Å². The van der Waals surface area contributed by atoms with E-state index < -0.39 is 10.0 Å². The number of rotatable bonds is 7. The molecule has 8 heteroatoms. The summed E-state index contributed by atoms with van der Waals surface area (Å²) in [7, 11) is -3.64. The van der Waals surface area contributed by atoms with Crippen LogP contribution in [-0.4, -0.2) is 58.1 Å². The molecule has 1 heterocycles. The van der Waals surface area contributed by atoms with Crippen molar-refractivity contribution in [3.8, 4) is 5.75 Å². The number of amides is 1. The maximum atomic E-state index is 12.8. The van der Waals surface area contributed by atoms with E-state index in [4.69, 9.17) is 9.47 Å². The molecule has 0 aliphatic carbocycles. The van der Waals surface area contributed by atoms with E-state index in [1.807, 2.05) is 32.0 Å². The number of nitrogens with zero attached hydrogens (tertiary/aromatic N) is 1. The van der Waals surface area contributed by atoms with Gasteiger partial charge in [-0.05, 0) is 49.2 Å². The molecule has 0 unspecified atom stereocenters. The number of sulfonamides is 1. The Morgan fingerprint density at radius 1 is 1.14 bits per heavy atom. The monoisotopic (exact) mass is 418 g/mol. The van der Waals surface area contributed by atoms with Gasteiger partial charge >= 0.3 is 0 Å². The van der Waals surface area contributed by atoms with E-state index in [0.717, 1.165) is 16.9 Å². The van der Waals surface area contributed by atoms with Crippen LogP contribution < -0.4 is 10.1 Å². The van der Waals surface area contributed by atoms with E-state index in [1.165, 1.54) is 16.4 Å². The summed E-state index contributed by atoms with van der Waals surface area (Å²) in [6.45, 7) is 6.02. The molecule has 156 valence electrons. The van der Waals surface area contributed by atoms with Crippen LogP contribution in [0.4, 0.5) is 0 Å². The van der Waals surface area contributed by atoms with Gasteiger partial charge in [-0.1, -0.05) is 18.2 Å². The minimum Gasteiger partial charge on any atom is -0.491 e. The van der Waals surface area contributed by atoms with Crippen LogP contribution in [0.3, 0.4) is 0 Å². The largest absolute Gasteiger partial charge is 0.491 e. The summed E-state index contributed by atoms with van der Waals surface area (Å²) >= 11 is 0. The lowest BCUT2D eigenvalue weighted by atomic mass is 10.1. The zero-order valence-electron chi connectivity index (χ0n) is 16.7. The zero-order chi connectivity index (χ0) is 20.9. The lowest BCUT2D eigenvalue weighted by molar-refractivity contribution is 0.0730. The number of aryl methyl sites for hydroxylation is 1. The summed E-state index contributed by atoms with van der Waals surface area (Å²) in [6, 6.07) is 11.9. The van der Waals surface area contributed by atoms with E-state index in [2.05, 4.69) is 5.32 Å². The number of morpholine rings is 1. The van der Waals surface area contributed by atoms with Crippen LogP contribution in [-0.2, 0) is 14.8 Å². The van der Waals surface area contributed by atoms with Gasteiger partial charge < -0.3 is 14.8 Å². The smallest absolute Gasteiger partial charge is 0.251 e. The van der Waals surface area contributed by atoms with E-state index in [0.29, 0.717) is 45.0 Å². The summed E-state index contributed by atoms with van der Waals surface area (Å²) in [5.74, 6) is 0.450. The van der Waals surface area contributed by atoms with Crippen LogP contribution in [0.25, 0.3) is 0 Å². The summed E-state index contributed by atoms with van der Waals surface area (Å²) < 4.78 is 37.8. The first-order valence-corrected chi connectivity index (χ1v) is 11.0. The fourth-order valence-electron chi connectivity index (χ4n) is 3.04. The standard InChI is InChI=1S/C21H26N2O5S/c1-16-5-3-8-20(17(16)2)28-12-9-22-21(24)18-6-4-7-19(15-18)29(25,26)23-10-13-27-14-11-23/h3-8,15H,9-14H2,1-2H3,(H,22,24). The average molecular weight is 419 g/mol. The Kier molecular flexibility index (Phi) is 6.89. The van der Waals surface area contributed by atoms with Crippen LogP contribution in [0.1, 0.15) is 21.5 Å². The second kappa shape index (κ2) is 9.39. The van der Waals surface area contributed by atoms with Crippen molar-refractivity contribution in [3.05, 3.63) is 59.2 Å². The molecule has 0 radical (unpaired) electrons. The lowest BCUT2D eigenvalue weighted by Crippen LogP contribution is -2.40. The lowest BCUT2D eigenvalue weighted by Gasteiger charge is -2.26. The summed E-state index contributed by atoms with van der Waals surface area (Å²) in [5.41, 5.74) is 2.51. The molecular weight excluding hydrogens is 392 g/mol. The van der Waals surface area contributed by atoms with Crippen molar-refractivity contribution >= 4 is 15.9 Å². The molecule has 0 aromatic heterocycles. The van der Waals surface area contributed by atoms with Crippen molar-refractivity contribution in [2.45, 2.75) is 18.7 Å². The van der Waals surface area contributed by atoms with Crippen LogP contribution in [0.15, 0.2) is 47.4 Å². The van der Waals surface area contributed by atoms with Crippen molar-refractivity contribution in [3.63, 3.8) is 0 Å². The Morgan fingerprint density at radius 2 is 1.86 bits per heavy atom. The topological polar surface area (TPSA) is 84.9 Å². The predicted octanol–water partition coefficient (Wildman–Crippen LogP) is 2.13. The van der Waals surface area contributed by atoms with Gasteiger partial charge in [-0.2, -0.15) is 4.31 Å². The molecule has 1 aliphatic heterocycles. The number of ether oxygens (including phenoxy) is 2. The Balaban J connectivity index is 1.58. The molecule has 3 rings (SSSR count). The zero-order valence-corrected chi connectivity index (χ0v) is 17.5. The molecule has 2 aromatic carbocycles. The third-order valence-electron chi connectivity index (χ3n) is 4.90. The average Bonchev–Trinajstić information content (AvgIpc) is 2.74. The maximum Gasteiger partial charge on any atom is 0.251 e. The van der Waals surface area contributed by atoms with E-state index in [9.17, 15) is 13.2 Å². The second-order valence-corrected chi connectivity index (χ2v) is 8.78. The van der Waals surface area contributed by atoms with Gasteiger partial charge in [-0.25, -0.2) is 8.42 Å². The van der Waals surface area contributed by atoms with Gasteiger partial charge in [0.15, 0.2) is 0 Å². The van der Waals surface area contributed by atoms with Gasteiger partial charge in [-0.15, -0.1) is 0 Å². The van der Waals surface area contributed by atoms with Crippen LogP contribution in [0.5, 0.6) is 5.75 Å². The minimum absolute atomic E-state index is 0.110. The molecule has 1 amide bonds. The molecule has 2 aromatic rings. The molecular formula is C21H26N2O5S. The molecule has 0 bridgehead atoms. The molecule has 0 spiro atoms. The Hall–Kier alpha value is -2.42. The number of carbonyl (C=O) groups is 1. The molecule has 1 N–H and O–H groups in total. The number of carbonyl (C=O) groups excluding carboxylic acids is 1. The minimum atomic E-state index is -3.64. The Bertz CT molecular complexity index is 969. The fourth-order valence-corrected chi connectivity index (χ4v) is 4.50. The molecule has 0 atom stereocenters. The Labute approximate surface area is 171 Å². The number of nitrogens with one attached hydrogen (secondary N) is 1. The predicted molar refractivity (Wildman–Crippen MR) is 110 cm³/mol. The third kappa shape index (κ3) is 5.14. The van der Waals surface area contributed by atoms with Gasteiger partial charge in [0.2, 0.25) is 10.0 Å². The molecule has 1 saturated heterocycles. The summed E-state index contributed by atoms with van der Waals surface area (Å²) in [4.78, 5) is 12.5. The van der Waals surface area contributed by atoms with Crippen molar-refractivity contribution < 1.29 is 22.7 Å². The highest BCUT2D eigenvalue weighted by Crippen LogP contribution is 2.20. The van der Waals surface area contributed by atoms with Gasteiger partial charge in [0, 0.05) is 18.7 Å². The second-order valence-electron chi connectivity index (χ2n) is 6.85. The highest BCUT2D eigenvalue weighted by atomic mass is 32.2. The number of benzene rings is 2. The van der Waals surface area contributed by atoms with Crippen LogP contribution in [0, 0.1) is 13.8 Å². The van der Waals surface area contributed by atoms with Crippen LogP contribution >= 0.6 is 0 Å². The highest BCUT2D eigenvalue weighted by Gasteiger charge is 2.26. The molecule has 0 saturated carbocycles. The Morgan fingerprint density at radius 3 is 2.62 bits per heavy atom. The number of hydrogen-bond donors (Lipinski definition) is 1. The third-order valence-corrected chi connectivity index (χ3v) is 6.80. The van der Waals surface area contributed by atoms with Crippen molar-refractivity contribution in [1.29, 1.82) is 0 Å². The number of hydrogen-bond acceptors (Lipinski definition) is 5. The van der Waals surface area contributed by atoms with E-state index in [1.54, 1.807) is 12.1 Å². The van der Waals surface area contributed by atoms with Gasteiger partial charge in [0.05, 0.1) is 24.7 Å². The first-order valence-electron chi connectivity index (χ1n) is 9.55. The van der Waals surface area contributed by atoms with Crippen molar-refractivity contribution in [2.24, 2.45) is 0 Å². The fraction of sp³-hybridized carbons (Fsp3) is 0.381. The first kappa shape index (κ1) is 21.3. The molecule has 29 heavy (non-hydrogen) atoms. The summed E-state index contributed by atoms with van der Waals surface area (Å²) in [5, 5.41) is 2.77. The van der Waals surface area contributed by atoms with Crippen molar-refractivity contribution in [2.75, 3.05) is 39.5 Å². The van der Waals surface area contributed by atoms with Gasteiger partial charge in [0.1, 0.15) is 12.4 Å². The highest BCUT2D eigenvalue weighted by molar-refractivity contribution is 7.89. The molecule has 1 fully saturated rings. The van der Waals surface area contributed by atoms with Crippen LogP contribution in [0.2, 0.25) is 0 Å². The van der Waals surface area contributed by atoms with Crippen molar-refractivity contribution in [1.82, 2.24) is 9.62 Å². The van der Waals surface area contributed by atoms with Gasteiger partial charge in [0.25, 0.3) is 5.91 Å². The first-order chi connectivity index (χ1) is 13.9.